The molecule has 226 valence electrons. The molecular formula is C32H36N4O6S. The number of sulfonamides is 1. The van der Waals surface area contributed by atoms with Gasteiger partial charge in [0.2, 0.25) is 0 Å². The third kappa shape index (κ3) is 6.67. The summed E-state index contributed by atoms with van der Waals surface area (Å²) in [6, 6.07) is 18.9. The van der Waals surface area contributed by atoms with Gasteiger partial charge < -0.3 is 18.8 Å². The fourth-order valence-electron chi connectivity index (χ4n) is 4.85. The molecule has 0 spiro atoms. The summed E-state index contributed by atoms with van der Waals surface area (Å²) in [6.45, 7) is 7.59. The van der Waals surface area contributed by atoms with Crippen molar-refractivity contribution in [1.82, 2.24) is 9.99 Å². The molecule has 1 heterocycles. The summed E-state index contributed by atoms with van der Waals surface area (Å²) in [4.78, 5) is 13.0. The normalized spacial score (nSPS) is 11.4. The van der Waals surface area contributed by atoms with Crippen molar-refractivity contribution in [3.8, 4) is 22.9 Å². The van der Waals surface area contributed by atoms with Gasteiger partial charge in [-0.3, -0.25) is 9.10 Å². The van der Waals surface area contributed by atoms with Crippen LogP contribution in [0.3, 0.4) is 0 Å². The van der Waals surface area contributed by atoms with E-state index in [1.54, 1.807) is 30.5 Å². The molecule has 4 aromatic rings. The first-order chi connectivity index (χ1) is 20.5. The molecule has 43 heavy (non-hydrogen) atoms. The quantitative estimate of drug-likeness (QED) is 0.189. The Balaban J connectivity index is 1.60. The van der Waals surface area contributed by atoms with Gasteiger partial charge in [-0.2, -0.15) is 5.10 Å². The first-order valence-corrected chi connectivity index (χ1v) is 14.9. The maximum absolute atomic E-state index is 13.8. The van der Waals surface area contributed by atoms with Gasteiger partial charge in [0.05, 0.1) is 38.1 Å². The van der Waals surface area contributed by atoms with E-state index in [0.717, 1.165) is 32.5 Å². The van der Waals surface area contributed by atoms with Gasteiger partial charge in [-0.15, -0.1) is 0 Å². The Kier molecular flexibility index (Phi) is 9.45. The summed E-state index contributed by atoms with van der Waals surface area (Å²) in [6.07, 6.45) is 1.56. The van der Waals surface area contributed by atoms with Crippen LogP contribution in [-0.4, -0.2) is 53.0 Å². The summed E-state index contributed by atoms with van der Waals surface area (Å²) in [5.74, 6) is 0.533. The van der Waals surface area contributed by atoms with Crippen LogP contribution in [0.4, 0.5) is 5.69 Å². The summed E-state index contributed by atoms with van der Waals surface area (Å²) in [7, 11) is 0.180. The van der Waals surface area contributed by atoms with Crippen molar-refractivity contribution >= 4 is 27.8 Å². The molecule has 4 rings (SSSR count). The standard InChI is InChI=1S/C32H36N4O6S/c1-21-8-14-29(22(2)16-21)36-23(3)17-25(24(36)4)19-33-34-32(37)20-35(26-9-11-27(40-5)12-10-26)43(38,39)28-13-15-30(41-6)31(18-28)42-7/h8-19H,20H2,1-7H3,(H,34,37)/b33-19+. The summed E-state index contributed by atoms with van der Waals surface area (Å²) < 4.78 is 46.6. The molecule has 3 aromatic carbocycles. The van der Waals surface area contributed by atoms with Crippen LogP contribution in [0.15, 0.2) is 76.7 Å². The number of aromatic nitrogens is 1. The molecule has 0 fully saturated rings. The molecule has 0 atom stereocenters. The lowest BCUT2D eigenvalue weighted by Gasteiger charge is -2.24. The Hall–Kier alpha value is -4.77. The van der Waals surface area contributed by atoms with Crippen molar-refractivity contribution in [2.45, 2.75) is 32.6 Å². The SMILES string of the molecule is COc1ccc(N(CC(=O)N/N=C/c2cc(C)n(-c3ccc(C)cc3C)c2C)S(=O)(=O)c2ccc(OC)c(OC)c2)cc1. The molecule has 0 bridgehead atoms. The minimum absolute atomic E-state index is 0.0730. The molecule has 0 radical (unpaired) electrons. The number of rotatable bonds is 11. The van der Waals surface area contributed by atoms with Gasteiger partial charge in [0.25, 0.3) is 15.9 Å². The van der Waals surface area contributed by atoms with Gasteiger partial charge in [0.15, 0.2) is 11.5 Å². The fourth-order valence-corrected chi connectivity index (χ4v) is 6.29. The van der Waals surface area contributed by atoms with E-state index in [-0.39, 0.29) is 16.3 Å². The highest BCUT2D eigenvalue weighted by molar-refractivity contribution is 7.92. The van der Waals surface area contributed by atoms with E-state index in [2.05, 4.69) is 47.1 Å². The lowest BCUT2D eigenvalue weighted by molar-refractivity contribution is -0.119. The Morgan fingerprint density at radius 3 is 2.21 bits per heavy atom. The molecule has 11 heteroatoms. The van der Waals surface area contributed by atoms with E-state index in [4.69, 9.17) is 14.2 Å². The van der Waals surface area contributed by atoms with Gasteiger partial charge in [0, 0.05) is 28.7 Å². The molecule has 0 aliphatic heterocycles. The highest BCUT2D eigenvalue weighted by Gasteiger charge is 2.28. The molecule has 0 aliphatic rings. The number of benzene rings is 3. The zero-order valence-corrected chi connectivity index (χ0v) is 26.2. The van der Waals surface area contributed by atoms with Crippen molar-refractivity contribution in [1.29, 1.82) is 0 Å². The van der Waals surface area contributed by atoms with E-state index < -0.39 is 22.5 Å². The van der Waals surface area contributed by atoms with Gasteiger partial charge in [-0.1, -0.05) is 17.7 Å². The van der Waals surface area contributed by atoms with Gasteiger partial charge in [-0.05, 0) is 81.8 Å². The Bertz CT molecular complexity index is 1760. The molecule has 0 saturated heterocycles. The zero-order valence-electron chi connectivity index (χ0n) is 25.3. The molecular weight excluding hydrogens is 568 g/mol. The van der Waals surface area contributed by atoms with Crippen molar-refractivity contribution in [2.75, 3.05) is 32.2 Å². The van der Waals surface area contributed by atoms with E-state index in [1.165, 1.54) is 45.1 Å². The molecule has 1 amide bonds. The predicted molar refractivity (Wildman–Crippen MR) is 168 cm³/mol. The van der Waals surface area contributed by atoms with Crippen molar-refractivity contribution in [3.63, 3.8) is 0 Å². The number of hydrogen-bond acceptors (Lipinski definition) is 7. The summed E-state index contributed by atoms with van der Waals surface area (Å²) >= 11 is 0. The fraction of sp³-hybridized carbons (Fsp3) is 0.250. The Labute approximate surface area is 252 Å². The number of carbonyl (C=O) groups is 1. The second-order valence-corrected chi connectivity index (χ2v) is 11.8. The van der Waals surface area contributed by atoms with Crippen molar-refractivity contribution < 1.29 is 27.4 Å². The topological polar surface area (TPSA) is 111 Å². The number of ether oxygens (including phenoxy) is 3. The second-order valence-electron chi connectivity index (χ2n) is 9.97. The Morgan fingerprint density at radius 1 is 0.884 bits per heavy atom. The van der Waals surface area contributed by atoms with Crippen molar-refractivity contribution in [2.24, 2.45) is 5.10 Å². The summed E-state index contributed by atoms with van der Waals surface area (Å²) in [5.41, 5.74) is 8.95. The molecule has 10 nitrogen and oxygen atoms in total. The van der Waals surface area contributed by atoms with Crippen molar-refractivity contribution in [3.05, 3.63) is 94.8 Å². The largest absolute Gasteiger partial charge is 0.497 e. The zero-order chi connectivity index (χ0) is 31.3. The molecule has 1 N–H and O–H groups in total. The minimum atomic E-state index is -4.21. The van der Waals surface area contributed by atoms with E-state index in [1.807, 2.05) is 19.9 Å². The molecule has 0 saturated carbocycles. The first kappa shape index (κ1) is 31.2. The lowest BCUT2D eigenvalue weighted by atomic mass is 10.1. The lowest BCUT2D eigenvalue weighted by Crippen LogP contribution is -2.39. The van der Waals surface area contributed by atoms with Crippen LogP contribution in [0.5, 0.6) is 17.2 Å². The monoisotopic (exact) mass is 604 g/mol. The van der Waals surface area contributed by atoms with E-state index in [9.17, 15) is 13.2 Å². The number of hydrogen-bond donors (Lipinski definition) is 1. The predicted octanol–water partition coefficient (Wildman–Crippen LogP) is 5.08. The van der Waals surface area contributed by atoms with Crippen LogP contribution in [-0.2, 0) is 14.8 Å². The minimum Gasteiger partial charge on any atom is -0.497 e. The van der Waals surface area contributed by atoms with Crippen LogP contribution >= 0.6 is 0 Å². The average Bonchev–Trinajstić information content (AvgIpc) is 3.27. The third-order valence-electron chi connectivity index (χ3n) is 7.05. The number of carbonyl (C=O) groups excluding carboxylic acids is 1. The van der Waals surface area contributed by atoms with E-state index in [0.29, 0.717) is 11.5 Å². The van der Waals surface area contributed by atoms with Gasteiger partial charge >= 0.3 is 0 Å². The molecule has 0 unspecified atom stereocenters. The third-order valence-corrected chi connectivity index (χ3v) is 8.82. The Morgan fingerprint density at radius 2 is 1.58 bits per heavy atom. The van der Waals surface area contributed by atoms with E-state index >= 15 is 0 Å². The van der Waals surface area contributed by atoms with Crippen LogP contribution < -0.4 is 23.9 Å². The average molecular weight is 605 g/mol. The maximum atomic E-state index is 13.8. The van der Waals surface area contributed by atoms with Gasteiger partial charge in [-0.25, -0.2) is 13.8 Å². The second kappa shape index (κ2) is 13.0. The number of methoxy groups -OCH3 is 3. The highest BCUT2D eigenvalue weighted by Crippen LogP contribution is 2.32. The smallest absolute Gasteiger partial charge is 0.264 e. The molecule has 0 aliphatic carbocycles. The van der Waals surface area contributed by atoms with Crippen LogP contribution in [0.25, 0.3) is 5.69 Å². The summed E-state index contributed by atoms with van der Waals surface area (Å²) in [5, 5.41) is 4.15. The number of nitrogens with one attached hydrogen (secondary N) is 1. The highest BCUT2D eigenvalue weighted by atomic mass is 32.2. The number of hydrazone groups is 1. The number of nitrogens with zero attached hydrogens (tertiary/aromatic N) is 3. The maximum Gasteiger partial charge on any atom is 0.264 e. The number of aryl methyl sites for hydroxylation is 3. The number of amides is 1. The van der Waals surface area contributed by atoms with Crippen LogP contribution in [0, 0.1) is 27.7 Å². The number of anilines is 1. The van der Waals surface area contributed by atoms with Gasteiger partial charge in [0.1, 0.15) is 12.3 Å². The van der Waals surface area contributed by atoms with Crippen LogP contribution in [0.1, 0.15) is 28.1 Å². The molecule has 1 aromatic heterocycles. The van der Waals surface area contributed by atoms with Crippen LogP contribution in [0.2, 0.25) is 0 Å². The first-order valence-electron chi connectivity index (χ1n) is 13.5.